The van der Waals surface area contributed by atoms with Crippen molar-refractivity contribution in [3.8, 4) is 0 Å². The molecule has 0 fully saturated rings. The number of hydrogen-bond acceptors (Lipinski definition) is 5. The molecule has 2 rings (SSSR count). The average Bonchev–Trinajstić information content (AvgIpc) is 2.88. The van der Waals surface area contributed by atoms with Crippen molar-refractivity contribution in [3.63, 3.8) is 0 Å². The van der Waals surface area contributed by atoms with Gasteiger partial charge in [0.25, 0.3) is 0 Å². The van der Waals surface area contributed by atoms with Crippen LogP contribution in [0.1, 0.15) is 15.6 Å². The molecule has 5 heteroatoms. The molecule has 0 saturated carbocycles. The van der Waals surface area contributed by atoms with Gasteiger partial charge in [-0.25, -0.2) is 4.98 Å². The van der Waals surface area contributed by atoms with E-state index >= 15 is 0 Å². The fourth-order valence-corrected chi connectivity index (χ4v) is 2.46. The number of thiophene rings is 1. The molecule has 0 amide bonds. The first kappa shape index (κ1) is 10.8. The maximum Gasteiger partial charge on any atom is 0.107 e. The Bertz CT molecular complexity index is 397. The zero-order valence-electron chi connectivity index (χ0n) is 8.18. The van der Waals surface area contributed by atoms with Crippen molar-refractivity contribution in [3.05, 3.63) is 38.5 Å². The Labute approximate surface area is 96.5 Å². The van der Waals surface area contributed by atoms with Gasteiger partial charge in [-0.3, -0.25) is 0 Å². The van der Waals surface area contributed by atoms with Crippen LogP contribution in [0, 0.1) is 0 Å². The number of nitrogens with two attached hydrogens (primary N) is 1. The highest BCUT2D eigenvalue weighted by molar-refractivity contribution is 7.10. The van der Waals surface area contributed by atoms with Crippen LogP contribution in [0.5, 0.6) is 0 Å². The minimum atomic E-state index is 0.510. The van der Waals surface area contributed by atoms with Crippen LogP contribution in [0.3, 0.4) is 0 Å². The second-order valence-corrected chi connectivity index (χ2v) is 4.98. The molecule has 0 aliphatic heterocycles. The summed E-state index contributed by atoms with van der Waals surface area (Å²) < 4.78 is 5.54. The molecular formula is C10H12N2OS2. The summed E-state index contributed by atoms with van der Waals surface area (Å²) >= 11 is 3.29. The highest BCUT2D eigenvalue weighted by atomic mass is 32.1. The summed E-state index contributed by atoms with van der Waals surface area (Å²) in [6.45, 7) is 1.73. The molecule has 0 aliphatic carbocycles. The molecule has 0 aromatic carbocycles. The van der Waals surface area contributed by atoms with E-state index < -0.39 is 0 Å². The second-order valence-electron chi connectivity index (χ2n) is 3.01. The lowest BCUT2D eigenvalue weighted by Crippen LogP contribution is -1.97. The van der Waals surface area contributed by atoms with Crippen LogP contribution in [-0.2, 0) is 24.5 Å². The van der Waals surface area contributed by atoms with Gasteiger partial charge in [0, 0.05) is 16.8 Å². The zero-order valence-corrected chi connectivity index (χ0v) is 9.81. The lowest BCUT2D eigenvalue weighted by molar-refractivity contribution is 0.107. The van der Waals surface area contributed by atoms with Gasteiger partial charge in [-0.1, -0.05) is 6.07 Å². The second kappa shape index (κ2) is 5.37. The minimum absolute atomic E-state index is 0.510. The van der Waals surface area contributed by atoms with Gasteiger partial charge in [0.1, 0.15) is 5.01 Å². The summed E-state index contributed by atoms with van der Waals surface area (Å²) in [4.78, 5) is 5.56. The first-order valence-electron chi connectivity index (χ1n) is 4.62. The monoisotopic (exact) mass is 240 g/mol. The number of rotatable bonds is 5. The molecule has 2 aromatic heterocycles. The van der Waals surface area contributed by atoms with Crippen molar-refractivity contribution in [2.45, 2.75) is 19.8 Å². The van der Waals surface area contributed by atoms with Crippen molar-refractivity contribution < 1.29 is 4.74 Å². The van der Waals surface area contributed by atoms with Gasteiger partial charge in [0.2, 0.25) is 0 Å². The van der Waals surface area contributed by atoms with Crippen molar-refractivity contribution in [1.82, 2.24) is 4.98 Å². The average molecular weight is 240 g/mol. The smallest absolute Gasteiger partial charge is 0.107 e. The normalized spacial score (nSPS) is 10.7. The summed E-state index contributed by atoms with van der Waals surface area (Å²) in [7, 11) is 0. The molecule has 0 unspecified atom stereocenters. The molecule has 2 heterocycles. The van der Waals surface area contributed by atoms with E-state index in [0.717, 1.165) is 10.7 Å². The van der Waals surface area contributed by atoms with Crippen molar-refractivity contribution in [1.29, 1.82) is 0 Å². The first-order chi connectivity index (χ1) is 7.38. The third-order valence-electron chi connectivity index (χ3n) is 1.85. The Morgan fingerprint density at radius 2 is 2.27 bits per heavy atom. The van der Waals surface area contributed by atoms with Gasteiger partial charge in [0.05, 0.1) is 18.9 Å². The molecule has 0 radical (unpaired) electrons. The Morgan fingerprint density at radius 1 is 1.33 bits per heavy atom. The molecule has 0 aliphatic rings. The number of aromatic nitrogens is 1. The minimum Gasteiger partial charge on any atom is -0.370 e. The highest BCUT2D eigenvalue weighted by Gasteiger charge is 2.00. The molecule has 80 valence electrons. The predicted molar refractivity (Wildman–Crippen MR) is 62.8 cm³/mol. The van der Waals surface area contributed by atoms with Gasteiger partial charge in [-0.2, -0.15) is 0 Å². The Kier molecular flexibility index (Phi) is 3.85. The van der Waals surface area contributed by atoms with E-state index in [1.807, 2.05) is 16.8 Å². The topological polar surface area (TPSA) is 48.1 Å². The maximum absolute atomic E-state index is 5.54. The Hall–Kier alpha value is -0.750. The lowest BCUT2D eigenvalue weighted by Gasteiger charge is -1.98. The largest absolute Gasteiger partial charge is 0.370 e. The van der Waals surface area contributed by atoms with Gasteiger partial charge < -0.3 is 10.5 Å². The van der Waals surface area contributed by atoms with E-state index in [1.54, 1.807) is 22.7 Å². The van der Waals surface area contributed by atoms with Gasteiger partial charge in [0.15, 0.2) is 0 Å². The van der Waals surface area contributed by atoms with Crippen LogP contribution in [0.15, 0.2) is 22.9 Å². The molecule has 2 aromatic rings. The molecule has 0 atom stereocenters. The molecular weight excluding hydrogens is 228 g/mol. The van der Waals surface area contributed by atoms with Gasteiger partial charge >= 0.3 is 0 Å². The SMILES string of the molecule is NCc1nc(COCc2cccs2)cs1. The van der Waals surface area contributed by atoms with E-state index in [9.17, 15) is 0 Å². The third-order valence-corrected chi connectivity index (χ3v) is 3.62. The summed E-state index contributed by atoms with van der Waals surface area (Å²) in [6.07, 6.45) is 0. The molecule has 0 bridgehead atoms. The Morgan fingerprint density at radius 3 is 2.93 bits per heavy atom. The lowest BCUT2D eigenvalue weighted by atomic mass is 10.5. The van der Waals surface area contributed by atoms with Crippen LogP contribution >= 0.6 is 22.7 Å². The maximum atomic E-state index is 5.54. The van der Waals surface area contributed by atoms with Gasteiger partial charge in [-0.05, 0) is 11.4 Å². The van der Waals surface area contributed by atoms with Crippen LogP contribution in [0.2, 0.25) is 0 Å². The molecule has 15 heavy (non-hydrogen) atoms. The fraction of sp³-hybridized carbons (Fsp3) is 0.300. The standard InChI is InChI=1S/C10H12N2OS2/c11-4-10-12-8(7-15-10)5-13-6-9-2-1-3-14-9/h1-3,7H,4-6,11H2. The van der Waals surface area contributed by atoms with Crippen molar-refractivity contribution >= 4 is 22.7 Å². The first-order valence-corrected chi connectivity index (χ1v) is 6.38. The highest BCUT2D eigenvalue weighted by Crippen LogP contribution is 2.13. The van der Waals surface area contributed by atoms with E-state index in [-0.39, 0.29) is 0 Å². The number of hydrogen-bond donors (Lipinski definition) is 1. The van der Waals surface area contributed by atoms with Crippen LogP contribution < -0.4 is 5.73 Å². The van der Waals surface area contributed by atoms with E-state index in [4.69, 9.17) is 10.5 Å². The Balaban J connectivity index is 1.78. The van der Waals surface area contributed by atoms with E-state index in [2.05, 4.69) is 11.1 Å². The number of nitrogens with zero attached hydrogens (tertiary/aromatic N) is 1. The predicted octanol–water partition coefficient (Wildman–Crippen LogP) is 2.38. The van der Waals surface area contributed by atoms with E-state index in [1.165, 1.54) is 4.88 Å². The quantitative estimate of drug-likeness (QED) is 0.873. The summed E-state index contributed by atoms with van der Waals surface area (Å²) in [5, 5.41) is 5.01. The molecule has 0 spiro atoms. The summed E-state index contributed by atoms with van der Waals surface area (Å²) in [6, 6.07) is 4.09. The van der Waals surface area contributed by atoms with Crippen LogP contribution in [0.25, 0.3) is 0 Å². The number of ether oxygens (including phenoxy) is 1. The van der Waals surface area contributed by atoms with Crippen LogP contribution in [0.4, 0.5) is 0 Å². The van der Waals surface area contributed by atoms with Crippen molar-refractivity contribution in [2.75, 3.05) is 0 Å². The molecule has 2 N–H and O–H groups in total. The summed E-state index contributed by atoms with van der Waals surface area (Å²) in [5.74, 6) is 0. The fourth-order valence-electron chi connectivity index (χ4n) is 1.16. The molecule has 0 saturated heterocycles. The van der Waals surface area contributed by atoms with Crippen LogP contribution in [-0.4, -0.2) is 4.98 Å². The third kappa shape index (κ3) is 3.10. The van der Waals surface area contributed by atoms with Crippen molar-refractivity contribution in [2.24, 2.45) is 5.73 Å². The van der Waals surface area contributed by atoms with E-state index in [0.29, 0.717) is 19.8 Å². The molecule has 3 nitrogen and oxygen atoms in total. The number of thiazole rings is 1. The zero-order chi connectivity index (χ0) is 10.5. The van der Waals surface area contributed by atoms with Gasteiger partial charge in [-0.15, -0.1) is 22.7 Å². The summed E-state index contributed by atoms with van der Waals surface area (Å²) in [5.41, 5.74) is 6.45.